The number of hydrogen-bond donors (Lipinski definition) is 1. The van der Waals surface area contributed by atoms with Crippen LogP contribution in [0.4, 0.5) is 0 Å². The summed E-state index contributed by atoms with van der Waals surface area (Å²) in [5.41, 5.74) is 7.23. The number of halogens is 1. The monoisotopic (exact) mass is 337 g/mol. The highest BCUT2D eigenvalue weighted by molar-refractivity contribution is 9.10. The Hall–Kier alpha value is -0.910. The van der Waals surface area contributed by atoms with Gasteiger partial charge in [0.15, 0.2) is 5.16 Å². The van der Waals surface area contributed by atoms with E-state index < -0.39 is 0 Å². The third-order valence-electron chi connectivity index (χ3n) is 2.76. The lowest BCUT2D eigenvalue weighted by Gasteiger charge is -2.10. The van der Waals surface area contributed by atoms with Gasteiger partial charge in [-0.3, -0.25) is 0 Å². The molecule has 1 aromatic heterocycles. The summed E-state index contributed by atoms with van der Waals surface area (Å²) < 4.78 is 1.06. The zero-order chi connectivity index (χ0) is 13.7. The first-order chi connectivity index (χ1) is 9.19. The van der Waals surface area contributed by atoms with Crippen molar-refractivity contribution in [2.45, 2.75) is 35.9 Å². The molecule has 2 aromatic rings. The lowest BCUT2D eigenvalue weighted by atomic mass is 10.1. The van der Waals surface area contributed by atoms with Gasteiger partial charge in [0.2, 0.25) is 0 Å². The number of nitrogens with two attached hydrogens (primary N) is 1. The van der Waals surface area contributed by atoms with Gasteiger partial charge in [-0.05, 0) is 64.3 Å². The first-order valence-electron chi connectivity index (χ1n) is 6.18. The third-order valence-corrected chi connectivity index (χ3v) is 4.65. The van der Waals surface area contributed by atoms with Gasteiger partial charge in [-0.1, -0.05) is 13.0 Å². The van der Waals surface area contributed by atoms with Crippen molar-refractivity contribution in [2.75, 3.05) is 0 Å². The van der Waals surface area contributed by atoms with Crippen LogP contribution in [0.2, 0.25) is 0 Å². The van der Waals surface area contributed by atoms with Crippen molar-refractivity contribution in [3.8, 4) is 0 Å². The largest absolute Gasteiger partial charge is 0.327 e. The summed E-state index contributed by atoms with van der Waals surface area (Å²) in [6, 6.07) is 8.37. The van der Waals surface area contributed by atoms with Gasteiger partial charge < -0.3 is 5.73 Å². The Balaban J connectivity index is 2.11. The summed E-state index contributed by atoms with van der Waals surface area (Å²) in [7, 11) is 0. The normalized spacial score (nSPS) is 12.4. The maximum Gasteiger partial charge on any atom is 0.192 e. The minimum Gasteiger partial charge on any atom is -0.327 e. The Morgan fingerprint density at radius 2 is 2.05 bits per heavy atom. The number of benzene rings is 1. The SMILES string of the molecule is CCC(N)Cc1ccc(Sc2ncccn2)c(Br)c1. The fourth-order valence-electron chi connectivity index (χ4n) is 1.64. The van der Waals surface area contributed by atoms with Crippen molar-refractivity contribution in [1.29, 1.82) is 0 Å². The average Bonchev–Trinajstić information content (AvgIpc) is 2.43. The maximum atomic E-state index is 5.98. The molecule has 5 heteroatoms. The summed E-state index contributed by atoms with van der Waals surface area (Å²) in [6.07, 6.45) is 5.39. The molecule has 0 bridgehead atoms. The average molecular weight is 338 g/mol. The highest BCUT2D eigenvalue weighted by atomic mass is 79.9. The highest BCUT2D eigenvalue weighted by Crippen LogP contribution is 2.32. The Morgan fingerprint density at radius 1 is 1.32 bits per heavy atom. The van der Waals surface area contributed by atoms with Crippen molar-refractivity contribution in [3.05, 3.63) is 46.7 Å². The van der Waals surface area contributed by atoms with Gasteiger partial charge in [-0.15, -0.1) is 0 Å². The van der Waals surface area contributed by atoms with E-state index in [1.807, 2.05) is 6.07 Å². The topological polar surface area (TPSA) is 51.8 Å². The van der Waals surface area contributed by atoms with Gasteiger partial charge in [0, 0.05) is 27.8 Å². The second-order valence-corrected chi connectivity index (χ2v) is 6.13. The lowest BCUT2D eigenvalue weighted by molar-refractivity contribution is 0.646. The quantitative estimate of drug-likeness (QED) is 0.845. The van der Waals surface area contributed by atoms with Crippen LogP contribution >= 0.6 is 27.7 Å². The van der Waals surface area contributed by atoms with Crippen LogP contribution < -0.4 is 5.73 Å². The van der Waals surface area contributed by atoms with Gasteiger partial charge in [0.25, 0.3) is 0 Å². The second-order valence-electron chi connectivity index (χ2n) is 4.27. The smallest absolute Gasteiger partial charge is 0.192 e. The summed E-state index contributed by atoms with van der Waals surface area (Å²) in [4.78, 5) is 9.53. The van der Waals surface area contributed by atoms with Crippen molar-refractivity contribution < 1.29 is 0 Å². The first kappa shape index (κ1) is 14.5. The Bertz CT molecular complexity index is 533. The molecule has 2 N–H and O–H groups in total. The molecule has 0 aliphatic carbocycles. The van der Waals surface area contributed by atoms with Crippen LogP contribution in [-0.2, 0) is 6.42 Å². The van der Waals surface area contributed by atoms with E-state index in [2.05, 4.69) is 51.0 Å². The molecule has 0 saturated carbocycles. The molecule has 1 unspecified atom stereocenters. The predicted molar refractivity (Wildman–Crippen MR) is 82.3 cm³/mol. The van der Waals surface area contributed by atoms with Crippen molar-refractivity contribution in [2.24, 2.45) is 5.73 Å². The predicted octanol–water partition coefficient (Wildman–Crippen LogP) is 3.67. The van der Waals surface area contributed by atoms with E-state index in [1.165, 1.54) is 5.56 Å². The molecule has 0 aliphatic rings. The van der Waals surface area contributed by atoms with Gasteiger partial charge in [0.05, 0.1) is 0 Å². The minimum absolute atomic E-state index is 0.225. The summed E-state index contributed by atoms with van der Waals surface area (Å²) >= 11 is 5.15. The number of hydrogen-bond acceptors (Lipinski definition) is 4. The number of rotatable bonds is 5. The third kappa shape index (κ3) is 4.30. The first-order valence-corrected chi connectivity index (χ1v) is 7.79. The lowest BCUT2D eigenvalue weighted by Crippen LogP contribution is -2.21. The number of aromatic nitrogens is 2. The van der Waals surface area contributed by atoms with Gasteiger partial charge in [-0.2, -0.15) is 0 Å². The van der Waals surface area contributed by atoms with Gasteiger partial charge >= 0.3 is 0 Å². The molecule has 2 rings (SSSR count). The van der Waals surface area contributed by atoms with Crippen LogP contribution in [0.15, 0.2) is 51.2 Å². The van der Waals surface area contributed by atoms with Crippen molar-refractivity contribution in [3.63, 3.8) is 0 Å². The summed E-state index contributed by atoms with van der Waals surface area (Å²) in [6.45, 7) is 2.11. The van der Waals surface area contributed by atoms with Crippen LogP contribution in [0.3, 0.4) is 0 Å². The molecule has 100 valence electrons. The molecule has 0 saturated heterocycles. The molecule has 1 aromatic carbocycles. The van der Waals surface area contributed by atoms with E-state index in [-0.39, 0.29) is 6.04 Å². The van der Waals surface area contributed by atoms with Crippen LogP contribution in [0.25, 0.3) is 0 Å². The second kappa shape index (κ2) is 7.03. The van der Waals surface area contributed by atoms with Crippen LogP contribution in [0.5, 0.6) is 0 Å². The Kier molecular flexibility index (Phi) is 5.36. The molecule has 0 radical (unpaired) electrons. The zero-order valence-electron chi connectivity index (χ0n) is 10.7. The van der Waals surface area contributed by atoms with Crippen LogP contribution in [0.1, 0.15) is 18.9 Å². The van der Waals surface area contributed by atoms with E-state index in [4.69, 9.17) is 5.73 Å². The Labute approximate surface area is 126 Å². The van der Waals surface area contributed by atoms with Crippen molar-refractivity contribution >= 4 is 27.7 Å². The molecule has 0 aliphatic heterocycles. The molecule has 1 heterocycles. The van der Waals surface area contributed by atoms with E-state index in [0.29, 0.717) is 0 Å². The van der Waals surface area contributed by atoms with Gasteiger partial charge in [0.1, 0.15) is 0 Å². The molecule has 19 heavy (non-hydrogen) atoms. The van der Waals surface area contributed by atoms with Crippen molar-refractivity contribution in [1.82, 2.24) is 9.97 Å². The maximum absolute atomic E-state index is 5.98. The molecular weight excluding hydrogens is 322 g/mol. The van der Waals surface area contributed by atoms with E-state index in [1.54, 1.807) is 24.2 Å². The fraction of sp³-hybridized carbons (Fsp3) is 0.286. The molecule has 0 fully saturated rings. The Morgan fingerprint density at radius 3 is 2.68 bits per heavy atom. The molecular formula is C14H16BrN3S. The van der Waals surface area contributed by atoms with E-state index in [0.717, 1.165) is 27.4 Å². The minimum atomic E-state index is 0.225. The van der Waals surface area contributed by atoms with Crippen LogP contribution in [0, 0.1) is 0 Å². The van der Waals surface area contributed by atoms with E-state index in [9.17, 15) is 0 Å². The highest BCUT2D eigenvalue weighted by Gasteiger charge is 2.07. The van der Waals surface area contributed by atoms with Gasteiger partial charge in [-0.25, -0.2) is 9.97 Å². The molecule has 1 atom stereocenters. The summed E-state index contributed by atoms with van der Waals surface area (Å²) in [5.74, 6) is 0. The standard InChI is InChI=1S/C14H16BrN3S/c1-2-11(16)8-10-4-5-13(12(15)9-10)19-14-17-6-3-7-18-14/h3-7,9,11H,2,8,16H2,1H3. The van der Waals surface area contributed by atoms with E-state index >= 15 is 0 Å². The molecule has 0 amide bonds. The van der Waals surface area contributed by atoms with Crippen LogP contribution in [-0.4, -0.2) is 16.0 Å². The zero-order valence-corrected chi connectivity index (χ0v) is 13.1. The summed E-state index contributed by atoms with van der Waals surface area (Å²) in [5, 5.41) is 0.751. The molecule has 3 nitrogen and oxygen atoms in total. The fourth-order valence-corrected chi connectivity index (χ4v) is 3.02. The molecule has 0 spiro atoms. The number of nitrogens with zero attached hydrogens (tertiary/aromatic N) is 2.